The minimum Gasteiger partial charge on any atom is -0.465 e. The summed E-state index contributed by atoms with van der Waals surface area (Å²) in [6, 6.07) is 3.50. The Morgan fingerprint density at radius 1 is 1.32 bits per heavy atom. The normalized spacial score (nSPS) is 10.8. The molecule has 1 heterocycles. The van der Waals surface area contributed by atoms with E-state index in [2.05, 4.69) is 11.9 Å². The molecular weight excluding hydrogens is 287 g/mol. The van der Waals surface area contributed by atoms with Crippen LogP contribution in [0.5, 0.6) is 0 Å². The molecule has 1 aromatic rings. The zero-order valence-corrected chi connectivity index (χ0v) is 12.7. The van der Waals surface area contributed by atoms with Gasteiger partial charge >= 0.3 is 5.97 Å². The second-order valence-corrected chi connectivity index (χ2v) is 4.91. The number of aromatic nitrogens is 1. The maximum absolute atomic E-state index is 11.5. The van der Waals surface area contributed by atoms with Crippen molar-refractivity contribution in [1.82, 2.24) is 9.88 Å². The highest BCUT2D eigenvalue weighted by atomic mass is 35.5. The van der Waals surface area contributed by atoms with Crippen LogP contribution in [0.4, 0.5) is 0 Å². The number of esters is 1. The highest BCUT2D eigenvalue weighted by Crippen LogP contribution is 2.16. The van der Waals surface area contributed by atoms with Crippen LogP contribution in [0.25, 0.3) is 0 Å². The molecule has 1 aromatic heterocycles. The first-order valence-corrected chi connectivity index (χ1v) is 7.00. The lowest BCUT2D eigenvalue weighted by Gasteiger charge is -2.20. The van der Waals surface area contributed by atoms with Crippen LogP contribution in [0.15, 0.2) is 12.1 Å². The smallest absolute Gasteiger partial charge is 0.320 e. The van der Waals surface area contributed by atoms with Crippen LogP contribution >= 0.6 is 23.2 Å². The van der Waals surface area contributed by atoms with Crippen molar-refractivity contribution in [2.75, 3.05) is 19.7 Å². The van der Waals surface area contributed by atoms with Gasteiger partial charge in [0.25, 0.3) is 0 Å². The van der Waals surface area contributed by atoms with Gasteiger partial charge in [0.05, 0.1) is 13.2 Å². The van der Waals surface area contributed by atoms with Gasteiger partial charge in [0.15, 0.2) is 0 Å². The summed E-state index contributed by atoms with van der Waals surface area (Å²) in [5.41, 5.74) is 0.933. The van der Waals surface area contributed by atoms with Crippen LogP contribution < -0.4 is 0 Å². The van der Waals surface area contributed by atoms with Crippen molar-refractivity contribution in [3.05, 3.63) is 28.0 Å². The lowest BCUT2D eigenvalue weighted by Crippen LogP contribution is -2.31. The van der Waals surface area contributed by atoms with Gasteiger partial charge in [-0.3, -0.25) is 9.69 Å². The van der Waals surface area contributed by atoms with Gasteiger partial charge in [-0.25, -0.2) is 4.98 Å². The Hall–Kier alpha value is -0.840. The molecule has 0 saturated heterocycles. The van der Waals surface area contributed by atoms with Crippen molar-refractivity contribution in [3.8, 4) is 0 Å². The molecule has 1 rings (SSSR count). The molecule has 0 fully saturated rings. The predicted molar refractivity (Wildman–Crippen MR) is 76.5 cm³/mol. The van der Waals surface area contributed by atoms with Crippen LogP contribution in [0, 0.1) is 0 Å². The Bertz CT molecular complexity index is 407. The van der Waals surface area contributed by atoms with Gasteiger partial charge in [-0.05, 0) is 37.6 Å². The van der Waals surface area contributed by atoms with Crippen molar-refractivity contribution >= 4 is 29.2 Å². The van der Waals surface area contributed by atoms with Crippen molar-refractivity contribution < 1.29 is 9.53 Å². The third-order valence-electron chi connectivity index (χ3n) is 2.43. The van der Waals surface area contributed by atoms with E-state index < -0.39 is 0 Å². The van der Waals surface area contributed by atoms with E-state index in [-0.39, 0.29) is 12.5 Å². The van der Waals surface area contributed by atoms with Gasteiger partial charge in [0.1, 0.15) is 10.3 Å². The maximum atomic E-state index is 11.5. The fourth-order valence-electron chi connectivity index (χ4n) is 1.78. The third-order valence-corrected chi connectivity index (χ3v) is 2.81. The van der Waals surface area contributed by atoms with Gasteiger partial charge in [-0.15, -0.1) is 0 Å². The molecule has 0 amide bonds. The summed E-state index contributed by atoms with van der Waals surface area (Å²) >= 11 is 11.7. The molecular formula is C13H18Cl2N2O2. The van der Waals surface area contributed by atoms with E-state index in [1.54, 1.807) is 19.1 Å². The second-order valence-electron chi connectivity index (χ2n) is 4.14. The Balaban J connectivity index is 2.68. The summed E-state index contributed by atoms with van der Waals surface area (Å²) < 4.78 is 4.96. The second kappa shape index (κ2) is 8.35. The average Bonchev–Trinajstić information content (AvgIpc) is 2.27. The molecule has 0 aliphatic rings. The van der Waals surface area contributed by atoms with E-state index in [4.69, 9.17) is 27.9 Å². The van der Waals surface area contributed by atoms with Crippen LogP contribution in [0.3, 0.4) is 0 Å². The molecule has 0 N–H and O–H groups in total. The number of hydrogen-bond acceptors (Lipinski definition) is 4. The number of halogens is 2. The first-order valence-electron chi connectivity index (χ1n) is 6.25. The van der Waals surface area contributed by atoms with Crippen LogP contribution in [0.2, 0.25) is 10.3 Å². The molecule has 0 unspecified atom stereocenters. The number of nitrogens with zero attached hydrogens (tertiary/aromatic N) is 2. The molecule has 0 radical (unpaired) electrons. The maximum Gasteiger partial charge on any atom is 0.320 e. The summed E-state index contributed by atoms with van der Waals surface area (Å²) in [6.45, 7) is 5.91. The zero-order valence-electron chi connectivity index (χ0n) is 11.2. The number of carbonyl (C=O) groups excluding carboxylic acids is 1. The van der Waals surface area contributed by atoms with Crippen LogP contribution in [-0.2, 0) is 16.1 Å². The number of hydrogen-bond donors (Lipinski definition) is 0. The molecule has 0 atom stereocenters. The average molecular weight is 305 g/mol. The molecule has 0 saturated carbocycles. The monoisotopic (exact) mass is 304 g/mol. The number of carbonyl (C=O) groups is 1. The topological polar surface area (TPSA) is 42.4 Å². The summed E-state index contributed by atoms with van der Waals surface area (Å²) in [6.07, 6.45) is 0.950. The molecule has 0 aliphatic carbocycles. The fourth-order valence-corrected chi connectivity index (χ4v) is 2.29. The first-order chi connectivity index (χ1) is 9.05. The Kier molecular flexibility index (Phi) is 7.13. The lowest BCUT2D eigenvalue weighted by molar-refractivity contribution is -0.144. The molecule has 0 bridgehead atoms. The quantitative estimate of drug-likeness (QED) is 0.573. The van der Waals surface area contributed by atoms with E-state index in [9.17, 15) is 4.79 Å². The van der Waals surface area contributed by atoms with E-state index in [0.717, 1.165) is 18.5 Å². The largest absolute Gasteiger partial charge is 0.465 e. The Morgan fingerprint density at radius 2 is 1.95 bits per heavy atom. The van der Waals surface area contributed by atoms with Gasteiger partial charge in [0.2, 0.25) is 0 Å². The van der Waals surface area contributed by atoms with Crippen molar-refractivity contribution in [2.24, 2.45) is 0 Å². The minimum atomic E-state index is -0.220. The lowest BCUT2D eigenvalue weighted by atomic mass is 10.2. The highest BCUT2D eigenvalue weighted by molar-refractivity contribution is 6.32. The molecule has 0 aromatic carbocycles. The zero-order chi connectivity index (χ0) is 14.3. The molecule has 0 spiro atoms. The fraction of sp³-hybridized carbons (Fsp3) is 0.538. The Labute approximate surface area is 123 Å². The predicted octanol–water partition coefficient (Wildman–Crippen LogP) is 3.16. The Morgan fingerprint density at radius 3 is 2.47 bits per heavy atom. The molecule has 0 aliphatic heterocycles. The van der Waals surface area contributed by atoms with E-state index in [1.165, 1.54) is 0 Å². The summed E-state index contributed by atoms with van der Waals surface area (Å²) in [7, 11) is 0. The van der Waals surface area contributed by atoms with Crippen molar-refractivity contribution in [1.29, 1.82) is 0 Å². The minimum absolute atomic E-state index is 0.220. The van der Waals surface area contributed by atoms with E-state index in [1.807, 2.05) is 4.90 Å². The SMILES string of the molecule is CCCN(CC(=O)OCC)Cc1cc(Cl)nc(Cl)c1. The summed E-state index contributed by atoms with van der Waals surface area (Å²) in [5.74, 6) is -0.220. The van der Waals surface area contributed by atoms with E-state index >= 15 is 0 Å². The van der Waals surface area contributed by atoms with Crippen molar-refractivity contribution in [2.45, 2.75) is 26.8 Å². The van der Waals surface area contributed by atoms with Crippen LogP contribution in [-0.4, -0.2) is 35.5 Å². The number of ether oxygens (including phenoxy) is 1. The van der Waals surface area contributed by atoms with Crippen molar-refractivity contribution in [3.63, 3.8) is 0 Å². The van der Waals surface area contributed by atoms with Crippen LogP contribution in [0.1, 0.15) is 25.8 Å². The number of pyridine rings is 1. The molecule has 19 heavy (non-hydrogen) atoms. The van der Waals surface area contributed by atoms with Gasteiger partial charge in [-0.2, -0.15) is 0 Å². The first kappa shape index (κ1) is 16.2. The molecule has 106 valence electrons. The van der Waals surface area contributed by atoms with Gasteiger partial charge in [-0.1, -0.05) is 30.1 Å². The molecule has 4 nitrogen and oxygen atoms in total. The summed E-state index contributed by atoms with van der Waals surface area (Å²) in [5, 5.41) is 0.713. The van der Waals surface area contributed by atoms with Gasteiger partial charge in [0, 0.05) is 6.54 Å². The standard InChI is InChI=1S/C13H18Cl2N2O2/c1-3-5-17(9-13(18)19-4-2)8-10-6-11(14)16-12(15)7-10/h6-7H,3-5,8-9H2,1-2H3. The molecule has 6 heteroatoms. The number of rotatable bonds is 7. The highest BCUT2D eigenvalue weighted by Gasteiger charge is 2.12. The summed E-state index contributed by atoms with van der Waals surface area (Å²) in [4.78, 5) is 17.4. The third kappa shape index (κ3) is 6.23. The van der Waals surface area contributed by atoms with Gasteiger partial charge < -0.3 is 4.74 Å². The van der Waals surface area contributed by atoms with E-state index in [0.29, 0.717) is 23.5 Å².